The molecule has 0 radical (unpaired) electrons. The number of nitrogens with zero attached hydrogens (tertiary/aromatic N) is 4. The van der Waals surface area contributed by atoms with Crippen molar-refractivity contribution in [1.82, 2.24) is 19.8 Å². The minimum Gasteiger partial charge on any atom is -0.496 e. The Morgan fingerprint density at radius 1 is 1.35 bits per heavy atom. The highest BCUT2D eigenvalue weighted by Crippen LogP contribution is 2.22. The number of hydrogen-bond acceptors (Lipinski definition) is 5. The van der Waals surface area contributed by atoms with Crippen LogP contribution in [0.4, 0.5) is 0 Å². The van der Waals surface area contributed by atoms with Gasteiger partial charge in [-0.2, -0.15) is 9.61 Å². The van der Waals surface area contributed by atoms with Crippen LogP contribution in [0.1, 0.15) is 10.6 Å². The number of aromatic nitrogens is 4. The summed E-state index contributed by atoms with van der Waals surface area (Å²) >= 11 is 1.54. The SMILES string of the molecule is COc1ccccc1Cc1nn2cnnc2s1. The van der Waals surface area contributed by atoms with Gasteiger partial charge in [-0.05, 0) is 6.07 Å². The molecule has 0 N–H and O–H groups in total. The Kier molecular flexibility index (Phi) is 2.49. The molecule has 0 unspecified atom stereocenters. The van der Waals surface area contributed by atoms with E-state index in [2.05, 4.69) is 15.3 Å². The van der Waals surface area contributed by atoms with E-state index in [1.807, 2.05) is 24.3 Å². The molecule has 86 valence electrons. The Morgan fingerprint density at radius 2 is 2.24 bits per heavy atom. The molecule has 0 aliphatic heterocycles. The lowest BCUT2D eigenvalue weighted by Crippen LogP contribution is -1.93. The predicted octanol–water partition coefficient (Wildman–Crippen LogP) is 1.79. The van der Waals surface area contributed by atoms with E-state index in [0.717, 1.165) is 27.7 Å². The summed E-state index contributed by atoms with van der Waals surface area (Å²) in [5.74, 6) is 0.887. The summed E-state index contributed by atoms with van der Waals surface area (Å²) < 4.78 is 7.01. The predicted molar refractivity (Wildman–Crippen MR) is 64.5 cm³/mol. The Bertz CT molecular complexity index is 617. The van der Waals surface area contributed by atoms with Gasteiger partial charge in [0.05, 0.1) is 7.11 Å². The molecule has 0 fully saturated rings. The zero-order valence-electron chi connectivity index (χ0n) is 9.20. The molecule has 1 aromatic carbocycles. The molecular formula is C11H10N4OS. The van der Waals surface area contributed by atoms with Gasteiger partial charge in [0.25, 0.3) is 0 Å². The summed E-state index contributed by atoms with van der Waals surface area (Å²) in [6, 6.07) is 7.95. The van der Waals surface area contributed by atoms with Crippen molar-refractivity contribution >= 4 is 16.3 Å². The van der Waals surface area contributed by atoms with E-state index in [1.54, 1.807) is 29.3 Å². The van der Waals surface area contributed by atoms with Crippen LogP contribution in [0.3, 0.4) is 0 Å². The first kappa shape index (κ1) is 10.2. The molecule has 0 spiro atoms. The maximum atomic E-state index is 5.32. The second kappa shape index (κ2) is 4.14. The average Bonchev–Trinajstić information content (AvgIpc) is 2.90. The largest absolute Gasteiger partial charge is 0.496 e. The van der Waals surface area contributed by atoms with E-state index in [4.69, 9.17) is 4.74 Å². The Morgan fingerprint density at radius 3 is 3.06 bits per heavy atom. The Balaban J connectivity index is 1.94. The normalized spacial score (nSPS) is 10.9. The van der Waals surface area contributed by atoms with Crippen LogP contribution in [0.25, 0.3) is 4.96 Å². The summed E-state index contributed by atoms with van der Waals surface area (Å²) in [7, 11) is 1.68. The number of fused-ring (bicyclic) bond motifs is 1. The number of methoxy groups -OCH3 is 1. The molecule has 6 heteroatoms. The van der Waals surface area contributed by atoms with Crippen molar-refractivity contribution in [2.45, 2.75) is 6.42 Å². The smallest absolute Gasteiger partial charge is 0.234 e. The van der Waals surface area contributed by atoms with Crippen molar-refractivity contribution in [3.63, 3.8) is 0 Å². The molecule has 0 aliphatic rings. The molecule has 3 rings (SSSR count). The molecule has 17 heavy (non-hydrogen) atoms. The van der Waals surface area contributed by atoms with Crippen LogP contribution in [-0.2, 0) is 6.42 Å². The second-order valence-corrected chi connectivity index (χ2v) is 4.58. The maximum absolute atomic E-state index is 5.32. The monoisotopic (exact) mass is 246 g/mol. The van der Waals surface area contributed by atoms with E-state index in [9.17, 15) is 0 Å². The average molecular weight is 246 g/mol. The minimum absolute atomic E-state index is 0.748. The van der Waals surface area contributed by atoms with Gasteiger partial charge in [0.1, 0.15) is 17.1 Å². The van der Waals surface area contributed by atoms with Gasteiger partial charge in [-0.1, -0.05) is 29.5 Å². The van der Waals surface area contributed by atoms with Crippen LogP contribution in [0.5, 0.6) is 5.75 Å². The number of benzene rings is 1. The lowest BCUT2D eigenvalue weighted by molar-refractivity contribution is 0.410. The van der Waals surface area contributed by atoms with Crippen LogP contribution in [0, 0.1) is 0 Å². The summed E-state index contributed by atoms with van der Waals surface area (Å²) in [5.41, 5.74) is 1.12. The zero-order chi connectivity index (χ0) is 11.7. The van der Waals surface area contributed by atoms with Gasteiger partial charge in [0.15, 0.2) is 0 Å². The maximum Gasteiger partial charge on any atom is 0.234 e. The second-order valence-electron chi connectivity index (χ2n) is 3.54. The molecule has 5 nitrogen and oxygen atoms in total. The van der Waals surface area contributed by atoms with Gasteiger partial charge >= 0.3 is 0 Å². The lowest BCUT2D eigenvalue weighted by atomic mass is 10.1. The molecular weight excluding hydrogens is 236 g/mol. The van der Waals surface area contributed by atoms with Crippen molar-refractivity contribution in [1.29, 1.82) is 0 Å². The molecule has 0 amide bonds. The van der Waals surface area contributed by atoms with Crippen molar-refractivity contribution < 1.29 is 4.74 Å². The third-order valence-corrected chi connectivity index (χ3v) is 3.38. The van der Waals surface area contributed by atoms with E-state index in [0.29, 0.717) is 0 Å². The van der Waals surface area contributed by atoms with E-state index < -0.39 is 0 Å². The fourth-order valence-electron chi connectivity index (χ4n) is 1.68. The molecule has 0 bridgehead atoms. The Labute approximate surface area is 102 Å². The van der Waals surface area contributed by atoms with Crippen molar-refractivity contribution in [3.05, 3.63) is 41.2 Å². The van der Waals surface area contributed by atoms with Crippen molar-refractivity contribution in [3.8, 4) is 5.75 Å². The van der Waals surface area contributed by atoms with Crippen LogP contribution in [-0.4, -0.2) is 26.9 Å². The standard InChI is InChI=1S/C11H10N4OS/c1-16-9-5-3-2-4-8(9)6-10-14-15-7-12-13-11(15)17-10/h2-5,7H,6H2,1H3. The van der Waals surface area contributed by atoms with Crippen molar-refractivity contribution in [2.75, 3.05) is 7.11 Å². The summed E-state index contributed by atoms with van der Waals surface area (Å²) in [6.07, 6.45) is 2.36. The number of hydrogen-bond donors (Lipinski definition) is 0. The highest BCUT2D eigenvalue weighted by molar-refractivity contribution is 7.16. The van der Waals surface area contributed by atoms with Crippen LogP contribution >= 0.6 is 11.3 Å². The molecule has 0 saturated heterocycles. The summed E-state index contributed by atoms with van der Waals surface area (Å²) in [6.45, 7) is 0. The van der Waals surface area contributed by atoms with Crippen LogP contribution in [0.15, 0.2) is 30.6 Å². The van der Waals surface area contributed by atoms with Crippen LogP contribution in [0.2, 0.25) is 0 Å². The first-order chi connectivity index (χ1) is 8.36. The molecule has 0 atom stereocenters. The number of rotatable bonds is 3. The van der Waals surface area contributed by atoms with Crippen LogP contribution < -0.4 is 4.74 Å². The lowest BCUT2D eigenvalue weighted by Gasteiger charge is -2.05. The number of para-hydroxylation sites is 1. The van der Waals surface area contributed by atoms with Gasteiger partial charge in [-0.3, -0.25) is 0 Å². The van der Waals surface area contributed by atoms with Gasteiger partial charge in [0, 0.05) is 12.0 Å². The van der Waals surface area contributed by atoms with Gasteiger partial charge < -0.3 is 4.74 Å². The zero-order valence-corrected chi connectivity index (χ0v) is 10.0. The molecule has 2 heterocycles. The molecule has 0 aliphatic carbocycles. The first-order valence-corrected chi connectivity index (χ1v) is 5.96. The third kappa shape index (κ3) is 1.87. The van der Waals surface area contributed by atoms with Gasteiger partial charge in [-0.25, -0.2) is 0 Å². The highest BCUT2D eigenvalue weighted by Gasteiger charge is 2.08. The Hall–Kier alpha value is -1.95. The number of ether oxygens (including phenoxy) is 1. The minimum atomic E-state index is 0.748. The summed E-state index contributed by atoms with van der Waals surface area (Å²) in [4.78, 5) is 0.815. The van der Waals surface area contributed by atoms with E-state index in [1.165, 1.54) is 0 Å². The first-order valence-electron chi connectivity index (χ1n) is 5.14. The highest BCUT2D eigenvalue weighted by atomic mass is 32.1. The van der Waals surface area contributed by atoms with E-state index >= 15 is 0 Å². The topological polar surface area (TPSA) is 52.3 Å². The van der Waals surface area contributed by atoms with Crippen molar-refractivity contribution in [2.24, 2.45) is 0 Å². The van der Waals surface area contributed by atoms with Gasteiger partial charge in [-0.15, -0.1) is 10.2 Å². The molecule has 3 aromatic rings. The fraction of sp³-hybridized carbons (Fsp3) is 0.182. The third-order valence-electron chi connectivity index (χ3n) is 2.46. The van der Waals surface area contributed by atoms with E-state index in [-0.39, 0.29) is 0 Å². The molecule has 2 aromatic heterocycles. The fourth-order valence-corrected chi connectivity index (χ4v) is 2.52. The quantitative estimate of drug-likeness (QED) is 0.707. The van der Waals surface area contributed by atoms with Gasteiger partial charge in [0.2, 0.25) is 4.96 Å². The molecule has 0 saturated carbocycles. The summed E-state index contributed by atoms with van der Waals surface area (Å²) in [5, 5.41) is 13.1.